The monoisotopic (exact) mass is 368 g/mol. The molecular weight excluding hydrogens is 340 g/mol. The zero-order valence-electron chi connectivity index (χ0n) is 16.1. The van der Waals surface area contributed by atoms with Gasteiger partial charge >= 0.3 is 0 Å². The second-order valence-corrected chi connectivity index (χ2v) is 7.39. The number of rotatable bonds is 3. The number of benzene rings is 1. The summed E-state index contributed by atoms with van der Waals surface area (Å²) in [6.45, 7) is 8.48. The lowest BCUT2D eigenvalue weighted by atomic mass is 10.1. The molecule has 2 aliphatic rings. The summed E-state index contributed by atoms with van der Waals surface area (Å²) < 4.78 is 5.43. The van der Waals surface area contributed by atoms with Crippen molar-refractivity contribution in [2.45, 2.75) is 13.0 Å². The smallest absolute Gasteiger partial charge is 0.161 e. The van der Waals surface area contributed by atoms with Crippen molar-refractivity contribution in [1.29, 1.82) is 0 Å². The van der Waals surface area contributed by atoms with Crippen LogP contribution in [-0.4, -0.2) is 73.9 Å². The Morgan fingerprint density at radius 2 is 1.89 bits per heavy atom. The molecule has 2 aromatic rings. The van der Waals surface area contributed by atoms with Gasteiger partial charge in [-0.15, -0.1) is 0 Å². The lowest BCUT2D eigenvalue weighted by molar-refractivity contribution is 0.122. The Hall–Kier alpha value is -2.38. The normalized spacial score (nSPS) is 21.5. The van der Waals surface area contributed by atoms with Gasteiger partial charge in [0.1, 0.15) is 5.82 Å². The maximum atomic E-state index is 6.41. The fraction of sp³-hybridized carbons (Fsp3) is 0.500. The van der Waals surface area contributed by atoms with Crippen LogP contribution in [0.4, 0.5) is 17.2 Å². The second-order valence-electron chi connectivity index (χ2n) is 7.39. The Balaban J connectivity index is 1.56. The molecule has 3 heterocycles. The number of nitrogens with zero attached hydrogens (tertiary/aromatic N) is 5. The first kappa shape index (κ1) is 18.0. The van der Waals surface area contributed by atoms with E-state index in [0.717, 1.165) is 68.7 Å². The fourth-order valence-corrected chi connectivity index (χ4v) is 3.71. The molecule has 2 aliphatic heterocycles. The summed E-state index contributed by atoms with van der Waals surface area (Å²) in [6, 6.07) is 8.65. The Bertz CT molecular complexity index is 792. The number of piperazine rings is 1. The van der Waals surface area contributed by atoms with Crippen molar-refractivity contribution in [2.75, 3.05) is 68.5 Å². The molecule has 2 saturated heterocycles. The summed E-state index contributed by atoms with van der Waals surface area (Å²) in [5.74, 6) is 1.66. The lowest BCUT2D eigenvalue weighted by Crippen LogP contribution is -2.50. The highest BCUT2D eigenvalue weighted by Gasteiger charge is 2.22. The summed E-state index contributed by atoms with van der Waals surface area (Å²) in [6.07, 6.45) is 1.82. The van der Waals surface area contributed by atoms with Crippen LogP contribution >= 0.6 is 0 Å². The van der Waals surface area contributed by atoms with Crippen LogP contribution in [-0.2, 0) is 4.74 Å². The van der Waals surface area contributed by atoms with E-state index in [1.807, 2.05) is 18.3 Å². The van der Waals surface area contributed by atoms with E-state index in [-0.39, 0.29) is 0 Å². The molecule has 0 unspecified atom stereocenters. The molecule has 1 aromatic heterocycles. The molecule has 0 amide bonds. The maximum Gasteiger partial charge on any atom is 0.161 e. The molecule has 0 saturated carbocycles. The van der Waals surface area contributed by atoms with Gasteiger partial charge < -0.3 is 25.2 Å². The second kappa shape index (κ2) is 7.70. The number of nitrogens with two attached hydrogens (primary N) is 1. The van der Waals surface area contributed by atoms with Crippen molar-refractivity contribution in [1.82, 2.24) is 14.9 Å². The molecule has 0 bridgehead atoms. The molecule has 0 aliphatic carbocycles. The molecule has 144 valence electrons. The Morgan fingerprint density at radius 1 is 1.07 bits per heavy atom. The summed E-state index contributed by atoms with van der Waals surface area (Å²) in [5, 5.41) is 0. The van der Waals surface area contributed by atoms with Gasteiger partial charge in [0.05, 0.1) is 24.6 Å². The summed E-state index contributed by atoms with van der Waals surface area (Å²) >= 11 is 0. The zero-order valence-corrected chi connectivity index (χ0v) is 16.1. The van der Waals surface area contributed by atoms with Crippen LogP contribution in [0, 0.1) is 0 Å². The molecule has 4 rings (SSSR count). The predicted molar refractivity (Wildman–Crippen MR) is 109 cm³/mol. The van der Waals surface area contributed by atoms with Crippen LogP contribution < -0.4 is 15.5 Å². The molecule has 0 spiro atoms. The van der Waals surface area contributed by atoms with Gasteiger partial charge in [-0.05, 0) is 38.2 Å². The van der Waals surface area contributed by atoms with Crippen molar-refractivity contribution in [3.8, 4) is 11.4 Å². The van der Waals surface area contributed by atoms with Crippen LogP contribution in [0.2, 0.25) is 0 Å². The van der Waals surface area contributed by atoms with E-state index < -0.39 is 0 Å². The third-order valence-corrected chi connectivity index (χ3v) is 5.56. The van der Waals surface area contributed by atoms with E-state index in [1.54, 1.807) is 0 Å². The quantitative estimate of drug-likeness (QED) is 0.827. The number of nitrogen functional groups attached to an aromatic ring is 1. The number of hydrogen-bond acceptors (Lipinski definition) is 7. The van der Waals surface area contributed by atoms with E-state index in [9.17, 15) is 0 Å². The van der Waals surface area contributed by atoms with E-state index in [2.05, 4.69) is 45.8 Å². The van der Waals surface area contributed by atoms with Crippen molar-refractivity contribution in [3.05, 3.63) is 30.5 Å². The Morgan fingerprint density at radius 3 is 2.63 bits per heavy atom. The molecule has 1 atom stereocenters. The van der Waals surface area contributed by atoms with Crippen LogP contribution in [0.3, 0.4) is 0 Å². The van der Waals surface area contributed by atoms with E-state index >= 15 is 0 Å². The van der Waals surface area contributed by atoms with Gasteiger partial charge in [0.15, 0.2) is 5.82 Å². The van der Waals surface area contributed by atoms with Gasteiger partial charge in [0.25, 0.3) is 0 Å². The first-order valence-electron chi connectivity index (χ1n) is 9.62. The average molecular weight is 368 g/mol. The summed E-state index contributed by atoms with van der Waals surface area (Å²) in [5.41, 5.74) is 9.25. The van der Waals surface area contributed by atoms with Crippen molar-refractivity contribution in [3.63, 3.8) is 0 Å². The summed E-state index contributed by atoms with van der Waals surface area (Å²) in [7, 11) is 2.17. The van der Waals surface area contributed by atoms with Gasteiger partial charge in [0.2, 0.25) is 0 Å². The number of anilines is 3. The first-order valence-corrected chi connectivity index (χ1v) is 9.62. The Kier molecular flexibility index (Phi) is 5.13. The summed E-state index contributed by atoms with van der Waals surface area (Å²) in [4.78, 5) is 16.2. The number of hydrogen-bond donors (Lipinski definition) is 1. The molecule has 7 heteroatoms. The maximum absolute atomic E-state index is 6.41. The first-order chi connectivity index (χ1) is 13.1. The highest BCUT2D eigenvalue weighted by atomic mass is 16.5. The molecular formula is C20H28N6O. The molecule has 2 N–H and O–H groups in total. The highest BCUT2D eigenvalue weighted by Crippen LogP contribution is 2.30. The molecule has 0 radical (unpaired) electrons. The number of morpholine rings is 1. The van der Waals surface area contributed by atoms with Crippen LogP contribution in [0.1, 0.15) is 6.92 Å². The molecule has 7 nitrogen and oxygen atoms in total. The van der Waals surface area contributed by atoms with Crippen LogP contribution in [0.25, 0.3) is 11.4 Å². The minimum atomic E-state index is 0.520. The number of ether oxygens (including phenoxy) is 1. The van der Waals surface area contributed by atoms with Gasteiger partial charge in [-0.2, -0.15) is 0 Å². The Labute approximate surface area is 160 Å². The van der Waals surface area contributed by atoms with Gasteiger partial charge in [-0.3, -0.25) is 0 Å². The van der Waals surface area contributed by atoms with Crippen molar-refractivity contribution >= 4 is 17.2 Å². The molecule has 27 heavy (non-hydrogen) atoms. The minimum absolute atomic E-state index is 0.520. The van der Waals surface area contributed by atoms with Crippen molar-refractivity contribution < 1.29 is 4.74 Å². The zero-order chi connectivity index (χ0) is 18.8. The highest BCUT2D eigenvalue weighted by molar-refractivity contribution is 5.75. The number of aromatic nitrogens is 2. The topological polar surface area (TPSA) is 70.8 Å². The van der Waals surface area contributed by atoms with Crippen LogP contribution in [0.15, 0.2) is 30.5 Å². The third-order valence-electron chi connectivity index (χ3n) is 5.56. The standard InChI is InChI=1S/C20H28N6O/c1-15-14-26(8-7-24(15)2)18-4-3-16(13-17(18)21)20-22-6-5-19(23-20)25-9-11-27-12-10-25/h3-6,13,15H,7-12,14,21H2,1-2H3/t15-/m0/s1. The average Bonchev–Trinajstić information content (AvgIpc) is 2.71. The molecule has 1 aromatic carbocycles. The number of likely N-dealkylation sites (N-methyl/N-ethyl adjacent to an activating group) is 1. The van der Waals surface area contributed by atoms with Gasteiger partial charge in [-0.1, -0.05) is 0 Å². The van der Waals surface area contributed by atoms with Crippen LogP contribution in [0.5, 0.6) is 0 Å². The fourth-order valence-electron chi connectivity index (χ4n) is 3.71. The predicted octanol–water partition coefficient (Wildman–Crippen LogP) is 1.70. The van der Waals surface area contributed by atoms with E-state index in [4.69, 9.17) is 15.5 Å². The largest absolute Gasteiger partial charge is 0.397 e. The van der Waals surface area contributed by atoms with E-state index in [0.29, 0.717) is 11.9 Å². The molecule has 2 fully saturated rings. The van der Waals surface area contributed by atoms with Gasteiger partial charge in [-0.25, -0.2) is 9.97 Å². The lowest BCUT2D eigenvalue weighted by Gasteiger charge is -2.39. The third kappa shape index (κ3) is 3.84. The van der Waals surface area contributed by atoms with Crippen molar-refractivity contribution in [2.24, 2.45) is 0 Å². The SMILES string of the molecule is C[C@H]1CN(c2ccc(-c3nccc(N4CCOCC4)n3)cc2N)CCN1C. The van der Waals surface area contributed by atoms with E-state index in [1.165, 1.54) is 0 Å². The minimum Gasteiger partial charge on any atom is -0.397 e. The van der Waals surface area contributed by atoms with Gasteiger partial charge in [0, 0.05) is 50.5 Å².